The van der Waals surface area contributed by atoms with Crippen LogP contribution in [-0.4, -0.2) is 61.0 Å². The minimum atomic E-state index is -0.0209. The quantitative estimate of drug-likeness (QED) is 0.868. The van der Waals surface area contributed by atoms with E-state index in [4.69, 9.17) is 0 Å². The van der Waals surface area contributed by atoms with E-state index in [0.29, 0.717) is 32.1 Å². The highest BCUT2D eigenvalue weighted by atomic mass is 16.2. The van der Waals surface area contributed by atoms with Crippen LogP contribution in [0, 0.1) is 0 Å². The highest BCUT2D eigenvalue weighted by Crippen LogP contribution is 2.23. The van der Waals surface area contributed by atoms with Gasteiger partial charge < -0.3 is 15.5 Å². The van der Waals surface area contributed by atoms with Crippen molar-refractivity contribution in [1.82, 2.24) is 15.1 Å². The molecule has 0 aliphatic carbocycles. The Labute approximate surface area is 144 Å². The molecule has 1 aromatic rings. The first-order valence-electron chi connectivity index (χ1n) is 8.65. The van der Waals surface area contributed by atoms with E-state index in [1.165, 1.54) is 0 Å². The summed E-state index contributed by atoms with van der Waals surface area (Å²) >= 11 is 0. The Morgan fingerprint density at radius 1 is 1.12 bits per heavy atom. The van der Waals surface area contributed by atoms with Gasteiger partial charge >= 0.3 is 6.03 Å². The van der Waals surface area contributed by atoms with Crippen LogP contribution in [0.1, 0.15) is 32.3 Å². The molecule has 1 fully saturated rings. The Morgan fingerprint density at radius 3 is 2.42 bits per heavy atom. The third kappa shape index (κ3) is 4.96. The number of benzene rings is 1. The Balaban J connectivity index is 1.83. The molecule has 6 nitrogen and oxygen atoms in total. The molecule has 1 heterocycles. The normalized spacial score (nSPS) is 15.4. The molecular formula is C18H28N4O2. The van der Waals surface area contributed by atoms with Gasteiger partial charge in [-0.2, -0.15) is 0 Å². The zero-order valence-corrected chi connectivity index (χ0v) is 14.8. The van der Waals surface area contributed by atoms with Crippen molar-refractivity contribution < 1.29 is 9.59 Å². The molecule has 1 aliphatic heterocycles. The van der Waals surface area contributed by atoms with Crippen LogP contribution in [0.5, 0.6) is 0 Å². The van der Waals surface area contributed by atoms with Gasteiger partial charge in [0.25, 0.3) is 0 Å². The summed E-state index contributed by atoms with van der Waals surface area (Å²) in [6.07, 6.45) is 0. The molecule has 1 aliphatic rings. The van der Waals surface area contributed by atoms with Gasteiger partial charge in [-0.1, -0.05) is 32.0 Å². The number of para-hydroxylation sites is 1. The lowest BCUT2D eigenvalue weighted by atomic mass is 10.0. The number of anilines is 1. The van der Waals surface area contributed by atoms with Gasteiger partial charge in [-0.25, -0.2) is 4.79 Å². The molecule has 132 valence electrons. The summed E-state index contributed by atoms with van der Waals surface area (Å²) in [5.74, 6) is 0.358. The van der Waals surface area contributed by atoms with E-state index >= 15 is 0 Å². The zero-order valence-electron chi connectivity index (χ0n) is 14.8. The first-order valence-corrected chi connectivity index (χ1v) is 8.65. The molecule has 24 heavy (non-hydrogen) atoms. The van der Waals surface area contributed by atoms with E-state index in [2.05, 4.69) is 29.4 Å². The number of carbonyl (C=O) groups is 2. The van der Waals surface area contributed by atoms with Gasteiger partial charge in [0.15, 0.2) is 0 Å². The maximum absolute atomic E-state index is 12.3. The number of urea groups is 1. The van der Waals surface area contributed by atoms with Gasteiger partial charge in [-0.3, -0.25) is 9.69 Å². The minimum absolute atomic E-state index is 0.00504. The minimum Gasteiger partial charge on any atom is -0.338 e. The Morgan fingerprint density at radius 2 is 1.79 bits per heavy atom. The molecule has 0 atom stereocenters. The zero-order chi connectivity index (χ0) is 17.5. The molecule has 2 N–H and O–H groups in total. The van der Waals surface area contributed by atoms with Crippen LogP contribution in [0.4, 0.5) is 10.5 Å². The first-order chi connectivity index (χ1) is 11.5. The molecule has 0 unspecified atom stereocenters. The number of amides is 3. The molecule has 1 saturated heterocycles. The van der Waals surface area contributed by atoms with Crippen molar-refractivity contribution in [2.45, 2.75) is 26.7 Å². The number of piperazine rings is 1. The molecule has 0 spiro atoms. The van der Waals surface area contributed by atoms with E-state index < -0.39 is 0 Å². The molecular weight excluding hydrogens is 304 g/mol. The van der Waals surface area contributed by atoms with Crippen molar-refractivity contribution >= 4 is 17.6 Å². The van der Waals surface area contributed by atoms with Crippen molar-refractivity contribution in [3.8, 4) is 0 Å². The smallest absolute Gasteiger partial charge is 0.317 e. The lowest BCUT2D eigenvalue weighted by molar-refractivity contribution is -0.117. The third-order valence-electron chi connectivity index (χ3n) is 4.21. The number of carbonyl (C=O) groups excluding carboxylic acids is 2. The lowest BCUT2D eigenvalue weighted by Crippen LogP contribution is -2.53. The van der Waals surface area contributed by atoms with Crippen LogP contribution in [0.2, 0.25) is 0 Å². The molecule has 0 saturated carbocycles. The monoisotopic (exact) mass is 332 g/mol. The van der Waals surface area contributed by atoms with Crippen LogP contribution >= 0.6 is 0 Å². The van der Waals surface area contributed by atoms with Gasteiger partial charge in [0, 0.05) is 38.4 Å². The highest BCUT2D eigenvalue weighted by Gasteiger charge is 2.22. The predicted molar refractivity (Wildman–Crippen MR) is 96.2 cm³/mol. The van der Waals surface area contributed by atoms with Crippen LogP contribution < -0.4 is 10.6 Å². The second kappa shape index (κ2) is 8.68. The summed E-state index contributed by atoms with van der Waals surface area (Å²) in [4.78, 5) is 28.0. The van der Waals surface area contributed by atoms with Gasteiger partial charge in [0.2, 0.25) is 5.91 Å². The van der Waals surface area contributed by atoms with Gasteiger partial charge in [0.1, 0.15) is 0 Å². The van der Waals surface area contributed by atoms with Crippen molar-refractivity contribution in [3.05, 3.63) is 29.8 Å². The summed E-state index contributed by atoms with van der Waals surface area (Å²) in [6.45, 7) is 9.88. The van der Waals surface area contributed by atoms with Crippen LogP contribution in [0.25, 0.3) is 0 Å². The van der Waals surface area contributed by atoms with E-state index in [9.17, 15) is 9.59 Å². The maximum atomic E-state index is 12.3. The van der Waals surface area contributed by atoms with E-state index in [1.54, 1.807) is 4.90 Å². The van der Waals surface area contributed by atoms with Gasteiger partial charge in [-0.15, -0.1) is 0 Å². The topological polar surface area (TPSA) is 64.7 Å². The van der Waals surface area contributed by atoms with Crippen LogP contribution in [-0.2, 0) is 4.79 Å². The fourth-order valence-corrected chi connectivity index (χ4v) is 2.88. The molecule has 0 bridgehead atoms. The lowest BCUT2D eigenvalue weighted by Gasteiger charge is -2.34. The summed E-state index contributed by atoms with van der Waals surface area (Å²) in [5.41, 5.74) is 2.03. The van der Waals surface area contributed by atoms with Crippen LogP contribution in [0.15, 0.2) is 24.3 Å². The summed E-state index contributed by atoms with van der Waals surface area (Å²) < 4.78 is 0. The predicted octanol–water partition coefficient (Wildman–Crippen LogP) is 2.10. The average Bonchev–Trinajstić information content (AvgIpc) is 2.56. The Bertz CT molecular complexity index is 566. The summed E-state index contributed by atoms with van der Waals surface area (Å²) in [6, 6.07) is 7.90. The number of rotatable bonds is 5. The number of nitrogens with one attached hydrogen (secondary N) is 2. The maximum Gasteiger partial charge on any atom is 0.317 e. The summed E-state index contributed by atoms with van der Waals surface area (Å²) in [5, 5.41) is 5.83. The number of hydrogen-bond acceptors (Lipinski definition) is 3. The fraction of sp³-hybridized carbons (Fsp3) is 0.556. The number of hydrogen-bond donors (Lipinski definition) is 2. The fourth-order valence-electron chi connectivity index (χ4n) is 2.88. The second-order valence-electron chi connectivity index (χ2n) is 6.39. The van der Waals surface area contributed by atoms with E-state index in [1.807, 2.05) is 31.2 Å². The average molecular weight is 332 g/mol. The van der Waals surface area contributed by atoms with Crippen molar-refractivity contribution in [3.63, 3.8) is 0 Å². The molecule has 1 aromatic carbocycles. The Kier molecular flexibility index (Phi) is 6.61. The SMILES string of the molecule is CCNC(=O)N1CCN(CC(=O)Nc2ccccc2C(C)C)CC1. The molecule has 3 amide bonds. The first kappa shape index (κ1) is 18.3. The van der Waals surface area contributed by atoms with Gasteiger partial charge in [-0.05, 0) is 24.5 Å². The van der Waals surface area contributed by atoms with Crippen molar-refractivity contribution in [2.24, 2.45) is 0 Å². The Hall–Kier alpha value is -2.08. The molecule has 2 rings (SSSR count). The van der Waals surface area contributed by atoms with E-state index in [0.717, 1.165) is 24.3 Å². The van der Waals surface area contributed by atoms with Crippen LogP contribution in [0.3, 0.4) is 0 Å². The van der Waals surface area contributed by atoms with Crippen molar-refractivity contribution in [2.75, 3.05) is 44.6 Å². The highest BCUT2D eigenvalue weighted by molar-refractivity contribution is 5.93. The molecule has 0 radical (unpaired) electrons. The number of nitrogens with zero attached hydrogens (tertiary/aromatic N) is 2. The van der Waals surface area contributed by atoms with E-state index in [-0.39, 0.29) is 11.9 Å². The molecule has 6 heteroatoms. The van der Waals surface area contributed by atoms with Gasteiger partial charge in [0.05, 0.1) is 6.54 Å². The summed E-state index contributed by atoms with van der Waals surface area (Å²) in [7, 11) is 0. The third-order valence-corrected chi connectivity index (χ3v) is 4.21. The standard InChI is InChI=1S/C18H28N4O2/c1-4-19-18(24)22-11-9-21(10-12-22)13-17(23)20-16-8-6-5-7-15(16)14(2)3/h5-8,14H,4,9-13H2,1-3H3,(H,19,24)(H,20,23). The largest absolute Gasteiger partial charge is 0.338 e. The molecule has 0 aromatic heterocycles. The second-order valence-corrected chi connectivity index (χ2v) is 6.39. The van der Waals surface area contributed by atoms with Crippen molar-refractivity contribution in [1.29, 1.82) is 0 Å².